The number of carbonyl (C=O) groups is 1. The quantitative estimate of drug-likeness (QED) is 0.241. The molecule has 1 amide bonds. The molecule has 178 valence electrons. The van der Waals surface area contributed by atoms with Crippen molar-refractivity contribution in [3.8, 4) is 11.5 Å². The van der Waals surface area contributed by atoms with E-state index in [9.17, 15) is 23.7 Å². The van der Waals surface area contributed by atoms with Gasteiger partial charge in [-0.05, 0) is 43.2 Å². The van der Waals surface area contributed by atoms with Crippen LogP contribution in [0.4, 0.5) is 20.2 Å². The van der Waals surface area contributed by atoms with Gasteiger partial charge in [-0.2, -0.15) is 5.10 Å². The lowest BCUT2D eigenvalue weighted by molar-refractivity contribution is -0.384. The van der Waals surface area contributed by atoms with E-state index in [0.717, 1.165) is 23.4 Å². The summed E-state index contributed by atoms with van der Waals surface area (Å²) in [7, 11) is 0. The summed E-state index contributed by atoms with van der Waals surface area (Å²) in [6.07, 6.45) is -1.06. The highest BCUT2D eigenvalue weighted by molar-refractivity contribution is 6.30. The van der Waals surface area contributed by atoms with E-state index in [2.05, 4.69) is 15.4 Å². The Labute approximate surface area is 201 Å². The van der Waals surface area contributed by atoms with E-state index < -0.39 is 17.3 Å². The van der Waals surface area contributed by atoms with E-state index in [1.165, 1.54) is 24.3 Å². The summed E-state index contributed by atoms with van der Waals surface area (Å²) in [6, 6.07) is 12.7. The number of aromatic nitrogens is 3. The first-order valence-electron chi connectivity index (χ1n) is 10.5. The van der Waals surface area contributed by atoms with Crippen LogP contribution in [0, 0.1) is 10.1 Å². The molecule has 0 atom stereocenters. The number of non-ortho nitro benzene ring substituents is 1. The fourth-order valence-corrected chi connectivity index (χ4v) is 3.65. The topological polar surface area (TPSA) is 112 Å². The smallest absolute Gasteiger partial charge is 0.280 e. The van der Waals surface area contributed by atoms with Crippen molar-refractivity contribution in [1.82, 2.24) is 14.6 Å². The van der Waals surface area contributed by atoms with Crippen molar-refractivity contribution >= 4 is 34.5 Å². The first-order valence-corrected chi connectivity index (χ1v) is 10.9. The zero-order valence-corrected chi connectivity index (χ0v) is 18.6. The fraction of sp³-hybridized carbons (Fsp3) is 0.174. The normalized spacial score (nSPS) is 13.3. The van der Waals surface area contributed by atoms with Gasteiger partial charge in [-0.25, -0.2) is 18.3 Å². The predicted octanol–water partition coefficient (Wildman–Crippen LogP) is 6.15. The molecule has 9 nitrogen and oxygen atoms in total. The lowest BCUT2D eigenvalue weighted by Gasteiger charge is -2.09. The summed E-state index contributed by atoms with van der Waals surface area (Å²) in [5.74, 6) is -0.137. The van der Waals surface area contributed by atoms with Gasteiger partial charge in [0.25, 0.3) is 18.0 Å². The van der Waals surface area contributed by atoms with Gasteiger partial charge in [0.1, 0.15) is 17.2 Å². The maximum Gasteiger partial charge on any atom is 0.280 e. The number of fused-ring (bicyclic) bond motifs is 1. The van der Waals surface area contributed by atoms with E-state index in [4.69, 9.17) is 16.3 Å². The van der Waals surface area contributed by atoms with E-state index in [-0.39, 0.29) is 40.1 Å². The average molecular weight is 500 g/mol. The maximum atomic E-state index is 13.6. The highest BCUT2D eigenvalue weighted by Gasteiger charge is 2.28. The second-order valence-corrected chi connectivity index (χ2v) is 8.40. The van der Waals surface area contributed by atoms with Crippen LogP contribution < -0.4 is 10.1 Å². The number of hydrogen-bond donors (Lipinski definition) is 1. The molecule has 35 heavy (non-hydrogen) atoms. The minimum atomic E-state index is -2.81. The number of rotatable bonds is 7. The number of hydrogen-bond acceptors (Lipinski definition) is 6. The highest BCUT2D eigenvalue weighted by Crippen LogP contribution is 2.40. The molecule has 5 rings (SSSR count). The van der Waals surface area contributed by atoms with Gasteiger partial charge in [0.15, 0.2) is 11.3 Å². The molecule has 0 bridgehead atoms. The number of anilines is 1. The minimum Gasteiger partial charge on any atom is -0.457 e. The number of halogens is 3. The van der Waals surface area contributed by atoms with Crippen molar-refractivity contribution in [1.29, 1.82) is 0 Å². The second kappa shape index (κ2) is 8.91. The minimum absolute atomic E-state index is 0.0610. The van der Waals surface area contributed by atoms with Crippen LogP contribution in [0.5, 0.6) is 11.5 Å². The molecule has 1 saturated carbocycles. The van der Waals surface area contributed by atoms with Crippen LogP contribution in [-0.4, -0.2) is 25.4 Å². The van der Waals surface area contributed by atoms with Gasteiger partial charge < -0.3 is 10.1 Å². The average Bonchev–Trinajstić information content (AvgIpc) is 3.58. The van der Waals surface area contributed by atoms with Gasteiger partial charge in [-0.1, -0.05) is 11.6 Å². The standard InChI is InChI=1S/C23H16ClF2N5O4/c24-13-3-5-16(6-4-13)35-17-8-14(7-15(9-17)31(33)34)27-23(32)19-11-21-28-18(12-1-2-12)10-20(22(25)26)30(21)29-19/h3-12,22H,1-2H2,(H,27,32). The summed E-state index contributed by atoms with van der Waals surface area (Å²) in [4.78, 5) is 28.0. The molecule has 1 aliphatic rings. The van der Waals surface area contributed by atoms with Gasteiger partial charge in [0, 0.05) is 34.8 Å². The van der Waals surface area contributed by atoms with Crippen LogP contribution in [0.2, 0.25) is 5.02 Å². The van der Waals surface area contributed by atoms with E-state index >= 15 is 0 Å². The second-order valence-electron chi connectivity index (χ2n) is 7.96. The summed E-state index contributed by atoms with van der Waals surface area (Å²) >= 11 is 5.86. The Bertz CT molecular complexity index is 1450. The molecule has 2 aromatic carbocycles. The molecule has 2 aromatic heterocycles. The van der Waals surface area contributed by atoms with Crippen molar-refractivity contribution < 1.29 is 23.2 Å². The van der Waals surface area contributed by atoms with Crippen LogP contribution in [0.25, 0.3) is 5.65 Å². The molecule has 1 aliphatic carbocycles. The SMILES string of the molecule is O=C(Nc1cc(Oc2ccc(Cl)cc2)cc([N+](=O)[O-])c1)c1cc2nc(C3CC3)cc(C(F)F)n2n1. The van der Waals surface area contributed by atoms with Crippen molar-refractivity contribution in [2.75, 3.05) is 5.32 Å². The molecule has 2 heterocycles. The molecular formula is C23H16ClF2N5O4. The molecule has 0 saturated heterocycles. The summed E-state index contributed by atoms with van der Waals surface area (Å²) in [6.45, 7) is 0. The molecule has 0 aliphatic heterocycles. The number of carbonyl (C=O) groups excluding carboxylic acids is 1. The summed E-state index contributed by atoms with van der Waals surface area (Å²) in [5.41, 5.74) is -0.115. The highest BCUT2D eigenvalue weighted by atomic mass is 35.5. The van der Waals surface area contributed by atoms with Crippen LogP contribution in [0.3, 0.4) is 0 Å². The predicted molar refractivity (Wildman–Crippen MR) is 122 cm³/mol. The van der Waals surface area contributed by atoms with Crippen molar-refractivity contribution in [3.05, 3.63) is 86.8 Å². The number of ether oxygens (including phenoxy) is 1. The molecule has 4 aromatic rings. The Morgan fingerprint density at radius 1 is 1.14 bits per heavy atom. The van der Waals surface area contributed by atoms with Crippen molar-refractivity contribution in [2.24, 2.45) is 0 Å². The fourth-order valence-electron chi connectivity index (χ4n) is 3.53. The first kappa shape index (κ1) is 22.7. The molecule has 0 unspecified atom stereocenters. The van der Waals surface area contributed by atoms with Crippen LogP contribution >= 0.6 is 11.6 Å². The van der Waals surface area contributed by atoms with E-state index in [1.807, 2.05) is 0 Å². The third-order valence-corrected chi connectivity index (χ3v) is 5.59. The van der Waals surface area contributed by atoms with Crippen molar-refractivity contribution in [2.45, 2.75) is 25.2 Å². The lowest BCUT2D eigenvalue weighted by Crippen LogP contribution is -2.13. The molecule has 1 fully saturated rings. The zero-order chi connectivity index (χ0) is 24.7. The number of benzene rings is 2. The Morgan fingerprint density at radius 3 is 2.54 bits per heavy atom. The molecular weight excluding hydrogens is 484 g/mol. The first-order chi connectivity index (χ1) is 16.8. The van der Waals surface area contributed by atoms with Gasteiger partial charge in [0.05, 0.1) is 16.7 Å². The number of nitro groups is 1. The van der Waals surface area contributed by atoms with Crippen LogP contribution in [-0.2, 0) is 0 Å². The Morgan fingerprint density at radius 2 is 1.89 bits per heavy atom. The third-order valence-electron chi connectivity index (χ3n) is 5.34. The zero-order valence-electron chi connectivity index (χ0n) is 17.8. The number of nitrogens with zero attached hydrogens (tertiary/aromatic N) is 4. The Hall–Kier alpha value is -4.12. The van der Waals surface area contributed by atoms with Crippen molar-refractivity contribution in [3.63, 3.8) is 0 Å². The van der Waals surface area contributed by atoms with Gasteiger partial charge >= 0.3 is 0 Å². The molecule has 1 N–H and O–H groups in total. The van der Waals surface area contributed by atoms with Crippen LogP contribution in [0.15, 0.2) is 54.6 Å². The summed E-state index contributed by atoms with van der Waals surface area (Å²) < 4.78 is 33.8. The maximum absolute atomic E-state index is 13.6. The summed E-state index contributed by atoms with van der Waals surface area (Å²) in [5, 5.41) is 18.4. The van der Waals surface area contributed by atoms with Crippen LogP contribution in [0.1, 0.15) is 47.1 Å². The number of nitro benzene ring substituents is 1. The molecule has 0 spiro atoms. The number of nitrogens with one attached hydrogen (secondary N) is 1. The largest absolute Gasteiger partial charge is 0.457 e. The van der Waals surface area contributed by atoms with Gasteiger partial charge in [-0.15, -0.1) is 0 Å². The van der Waals surface area contributed by atoms with Gasteiger partial charge in [0.2, 0.25) is 0 Å². The number of amides is 1. The molecule has 0 radical (unpaired) electrons. The number of alkyl halides is 2. The Balaban J connectivity index is 1.44. The third kappa shape index (κ3) is 4.90. The van der Waals surface area contributed by atoms with Gasteiger partial charge in [-0.3, -0.25) is 14.9 Å². The van der Waals surface area contributed by atoms with E-state index in [1.54, 1.807) is 24.3 Å². The monoisotopic (exact) mass is 499 g/mol. The molecule has 12 heteroatoms. The lowest BCUT2D eigenvalue weighted by atomic mass is 10.2. The Kier molecular flexibility index (Phi) is 5.77. The van der Waals surface area contributed by atoms with E-state index in [0.29, 0.717) is 16.5 Å².